The predicted octanol–water partition coefficient (Wildman–Crippen LogP) is 4.08. The van der Waals surface area contributed by atoms with Gasteiger partial charge in [0.2, 0.25) is 0 Å². The second kappa shape index (κ2) is 8.02. The van der Waals surface area contributed by atoms with Crippen molar-refractivity contribution in [3.05, 3.63) is 69.6 Å². The van der Waals surface area contributed by atoms with Gasteiger partial charge in [-0.15, -0.1) is 0 Å². The number of hydrogen-bond acceptors (Lipinski definition) is 6. The van der Waals surface area contributed by atoms with Crippen molar-refractivity contribution >= 4 is 62.0 Å². The van der Waals surface area contributed by atoms with E-state index in [9.17, 15) is 13.2 Å². The van der Waals surface area contributed by atoms with Crippen molar-refractivity contribution in [2.45, 2.75) is 6.54 Å². The Bertz CT molecular complexity index is 1040. The van der Waals surface area contributed by atoms with Gasteiger partial charge in [-0.3, -0.25) is 9.69 Å². The van der Waals surface area contributed by atoms with Crippen molar-refractivity contribution < 1.29 is 17.4 Å². The van der Waals surface area contributed by atoms with E-state index in [-0.39, 0.29) is 11.7 Å². The van der Waals surface area contributed by atoms with Gasteiger partial charge in [-0.1, -0.05) is 65.9 Å². The van der Waals surface area contributed by atoms with Crippen molar-refractivity contribution in [2.75, 3.05) is 6.26 Å². The summed E-state index contributed by atoms with van der Waals surface area (Å²) < 4.78 is 28.4. The van der Waals surface area contributed by atoms with E-state index in [1.165, 1.54) is 29.2 Å². The van der Waals surface area contributed by atoms with Crippen LogP contribution in [-0.2, 0) is 21.5 Å². The third-order valence-electron chi connectivity index (χ3n) is 3.56. The number of carbonyl (C=O) groups excluding carboxylic acids is 1. The highest BCUT2D eigenvalue weighted by Gasteiger charge is 2.32. The van der Waals surface area contributed by atoms with Crippen LogP contribution in [-0.4, -0.2) is 29.8 Å². The topological polar surface area (TPSA) is 63.7 Å². The lowest BCUT2D eigenvalue weighted by molar-refractivity contribution is -0.122. The summed E-state index contributed by atoms with van der Waals surface area (Å²) in [7, 11) is -3.72. The highest BCUT2D eigenvalue weighted by atomic mass is 35.5. The normalized spacial score (nSPS) is 16.2. The predicted molar refractivity (Wildman–Crippen MR) is 112 cm³/mol. The van der Waals surface area contributed by atoms with Crippen molar-refractivity contribution in [2.24, 2.45) is 0 Å². The molecule has 3 rings (SSSR count). The third-order valence-corrected chi connectivity index (χ3v) is 5.65. The van der Waals surface area contributed by atoms with E-state index in [0.29, 0.717) is 26.4 Å². The van der Waals surface area contributed by atoms with Crippen molar-refractivity contribution in [3.63, 3.8) is 0 Å². The van der Waals surface area contributed by atoms with E-state index in [1.54, 1.807) is 0 Å². The lowest BCUT2D eigenvalue weighted by Crippen LogP contribution is -2.27. The number of carbonyl (C=O) groups is 1. The molecular weight excluding hydrogens is 426 g/mol. The highest BCUT2D eigenvalue weighted by molar-refractivity contribution is 8.26. The molecule has 0 N–H and O–H groups in total. The second-order valence-corrected chi connectivity index (χ2v) is 9.41. The molecule has 9 heteroatoms. The zero-order valence-electron chi connectivity index (χ0n) is 14.1. The van der Waals surface area contributed by atoms with Crippen LogP contribution in [0, 0.1) is 0 Å². The molecule has 2 aromatic rings. The molecule has 1 aliphatic heterocycles. The van der Waals surface area contributed by atoms with Crippen molar-refractivity contribution in [1.29, 1.82) is 0 Å². The van der Waals surface area contributed by atoms with Crippen molar-refractivity contribution in [1.82, 2.24) is 4.90 Å². The molecule has 1 fully saturated rings. The summed E-state index contributed by atoms with van der Waals surface area (Å²) in [6.45, 7) is 0.366. The monoisotopic (exact) mass is 439 g/mol. The smallest absolute Gasteiger partial charge is 0.306 e. The van der Waals surface area contributed by atoms with Gasteiger partial charge in [-0.2, -0.15) is 8.42 Å². The SMILES string of the molecule is CS(=O)(=O)Oc1ccc(Cl)cc1/C=C1\SC(=S)N(Cc2ccccc2)C1=O. The average Bonchev–Trinajstić information content (AvgIpc) is 2.85. The summed E-state index contributed by atoms with van der Waals surface area (Å²) in [5.74, 6) is -0.158. The molecule has 0 spiro atoms. The molecule has 1 aliphatic rings. The molecule has 27 heavy (non-hydrogen) atoms. The summed E-state index contributed by atoms with van der Waals surface area (Å²) in [6.07, 6.45) is 2.49. The zero-order chi connectivity index (χ0) is 19.6. The minimum atomic E-state index is -3.72. The molecule has 0 aliphatic carbocycles. The molecule has 0 aromatic heterocycles. The molecule has 0 unspecified atom stereocenters. The minimum absolute atomic E-state index is 0.0928. The zero-order valence-corrected chi connectivity index (χ0v) is 17.3. The first kappa shape index (κ1) is 19.9. The number of thioether (sulfide) groups is 1. The van der Waals surface area contributed by atoms with Crippen LogP contribution in [0.1, 0.15) is 11.1 Å². The Morgan fingerprint density at radius 3 is 2.59 bits per heavy atom. The van der Waals surface area contributed by atoms with E-state index in [0.717, 1.165) is 23.6 Å². The highest BCUT2D eigenvalue weighted by Crippen LogP contribution is 2.36. The van der Waals surface area contributed by atoms with Gasteiger partial charge in [-0.25, -0.2) is 0 Å². The summed E-state index contributed by atoms with van der Waals surface area (Å²) in [6, 6.07) is 14.0. The van der Waals surface area contributed by atoms with Crippen LogP contribution < -0.4 is 4.18 Å². The first-order valence-corrected chi connectivity index (χ1v) is 11.1. The maximum atomic E-state index is 12.8. The fraction of sp³-hybridized carbons (Fsp3) is 0.111. The molecule has 5 nitrogen and oxygen atoms in total. The molecule has 0 bridgehead atoms. The largest absolute Gasteiger partial charge is 0.382 e. The lowest BCUT2D eigenvalue weighted by atomic mass is 10.2. The number of hydrogen-bond donors (Lipinski definition) is 0. The Kier molecular flexibility index (Phi) is 5.90. The summed E-state index contributed by atoms with van der Waals surface area (Å²) in [4.78, 5) is 14.6. The number of thiocarbonyl (C=S) groups is 1. The first-order chi connectivity index (χ1) is 12.7. The van der Waals surface area contributed by atoms with Crippen LogP contribution >= 0.6 is 35.6 Å². The Morgan fingerprint density at radius 2 is 1.93 bits per heavy atom. The standard InChI is InChI=1S/C18H14ClNO4S3/c1-27(22,23)24-15-8-7-14(19)9-13(15)10-16-17(21)20(18(25)26-16)11-12-5-3-2-4-6-12/h2-10H,11H2,1H3/b16-10-. The fourth-order valence-electron chi connectivity index (χ4n) is 2.41. The Morgan fingerprint density at radius 1 is 1.22 bits per heavy atom. The van der Waals surface area contributed by atoms with Crippen LogP contribution in [0.3, 0.4) is 0 Å². The van der Waals surface area contributed by atoms with Gasteiger partial charge in [0.15, 0.2) is 0 Å². The second-order valence-electron chi connectivity index (χ2n) is 5.72. The van der Waals surface area contributed by atoms with E-state index in [1.807, 2.05) is 30.3 Å². The molecular formula is C18H14ClNO4S3. The van der Waals surface area contributed by atoms with E-state index >= 15 is 0 Å². The summed E-state index contributed by atoms with van der Waals surface area (Å²) >= 11 is 12.5. The molecule has 2 aromatic carbocycles. The van der Waals surface area contributed by atoms with Crippen LogP contribution in [0.5, 0.6) is 5.75 Å². The number of amides is 1. The van der Waals surface area contributed by atoms with Gasteiger partial charge >= 0.3 is 10.1 Å². The van der Waals surface area contributed by atoms with Gasteiger partial charge in [0.25, 0.3) is 5.91 Å². The maximum Gasteiger partial charge on any atom is 0.306 e. The van der Waals surface area contributed by atoms with Gasteiger partial charge in [-0.05, 0) is 29.8 Å². The van der Waals surface area contributed by atoms with E-state index < -0.39 is 10.1 Å². The molecule has 1 amide bonds. The molecule has 0 saturated carbocycles. The van der Waals surface area contributed by atoms with Crippen LogP contribution in [0.15, 0.2) is 53.4 Å². The third kappa shape index (κ3) is 5.10. The molecule has 1 saturated heterocycles. The van der Waals surface area contributed by atoms with Crippen molar-refractivity contribution in [3.8, 4) is 5.75 Å². The lowest BCUT2D eigenvalue weighted by Gasteiger charge is -2.14. The molecule has 1 heterocycles. The van der Waals surface area contributed by atoms with Gasteiger partial charge in [0, 0.05) is 10.6 Å². The summed E-state index contributed by atoms with van der Waals surface area (Å²) in [5.41, 5.74) is 1.34. The van der Waals surface area contributed by atoms with Crippen LogP contribution in [0.2, 0.25) is 5.02 Å². The fourth-order valence-corrected chi connectivity index (χ4v) is 4.32. The van der Waals surface area contributed by atoms with E-state index in [2.05, 4.69) is 0 Å². The summed E-state index contributed by atoms with van der Waals surface area (Å²) in [5, 5.41) is 0.391. The van der Waals surface area contributed by atoms with Gasteiger partial charge in [0.05, 0.1) is 17.7 Å². The first-order valence-electron chi connectivity index (χ1n) is 7.71. The quantitative estimate of drug-likeness (QED) is 0.397. The average molecular weight is 440 g/mol. The minimum Gasteiger partial charge on any atom is -0.382 e. The number of rotatable bonds is 5. The molecule has 0 radical (unpaired) electrons. The Balaban J connectivity index is 1.91. The van der Waals surface area contributed by atoms with Crippen LogP contribution in [0.25, 0.3) is 6.08 Å². The molecule has 140 valence electrons. The van der Waals surface area contributed by atoms with Crippen LogP contribution in [0.4, 0.5) is 0 Å². The Labute approximate surface area is 172 Å². The maximum absolute atomic E-state index is 12.8. The number of nitrogens with zero attached hydrogens (tertiary/aromatic N) is 1. The molecule has 0 atom stereocenters. The van der Waals surface area contributed by atoms with E-state index in [4.69, 9.17) is 28.0 Å². The number of halogens is 1. The Hall–Kier alpha value is -1.87. The number of benzene rings is 2. The van der Waals surface area contributed by atoms with Gasteiger partial charge in [0.1, 0.15) is 10.1 Å². The van der Waals surface area contributed by atoms with Gasteiger partial charge < -0.3 is 4.18 Å².